The normalized spacial score (nSPS) is 18.2. The summed E-state index contributed by atoms with van der Waals surface area (Å²) in [6, 6.07) is 10.7. The van der Waals surface area contributed by atoms with Gasteiger partial charge in [-0.1, -0.05) is 48.0 Å². The predicted octanol–water partition coefficient (Wildman–Crippen LogP) is 6.79. The van der Waals surface area contributed by atoms with Crippen LogP contribution in [-0.2, 0) is 24.8 Å². The number of carbonyl (C=O) groups excluding carboxylic acids is 2. The molecule has 1 saturated heterocycles. The third-order valence-corrected chi connectivity index (χ3v) is 10.4. The first kappa shape index (κ1) is 34.6. The van der Waals surface area contributed by atoms with E-state index in [0.29, 0.717) is 87.6 Å². The fraction of sp³-hybridized carbons (Fsp3) is 0.471. The quantitative estimate of drug-likeness (QED) is 0.166. The zero-order chi connectivity index (χ0) is 33.6. The first-order chi connectivity index (χ1) is 23.3. The molecule has 2 fully saturated rings. The second kappa shape index (κ2) is 16.0. The minimum atomic E-state index is -0.681. The summed E-state index contributed by atoms with van der Waals surface area (Å²) in [5, 5.41) is 9.39. The first-order valence-corrected chi connectivity index (χ1v) is 18.4. The molecule has 1 saturated carbocycles. The Labute approximate surface area is 297 Å². The molecule has 1 unspecified atom stereocenters. The van der Waals surface area contributed by atoms with Gasteiger partial charge in [0, 0.05) is 29.6 Å². The zero-order valence-electron chi connectivity index (χ0n) is 27.0. The van der Waals surface area contributed by atoms with Crippen LogP contribution in [0, 0.1) is 0 Å². The van der Waals surface area contributed by atoms with E-state index in [0.717, 1.165) is 37.7 Å². The molecule has 3 heterocycles. The average Bonchev–Trinajstić information content (AvgIpc) is 3.50. The molecular weight excluding hydrogens is 722 g/mol. The summed E-state index contributed by atoms with van der Waals surface area (Å²) >= 11 is 11.5. The summed E-state index contributed by atoms with van der Waals surface area (Å²) in [5.41, 5.74) is 2.75. The second-order valence-electron chi connectivity index (χ2n) is 11.8. The number of rotatable bonds is 11. The molecule has 48 heavy (non-hydrogen) atoms. The van der Waals surface area contributed by atoms with Gasteiger partial charge in [0.2, 0.25) is 11.1 Å². The van der Waals surface area contributed by atoms with Gasteiger partial charge in [-0.25, -0.2) is 9.48 Å². The number of morpholine rings is 1. The van der Waals surface area contributed by atoms with Crippen molar-refractivity contribution in [2.75, 3.05) is 44.8 Å². The van der Waals surface area contributed by atoms with Crippen molar-refractivity contribution in [1.29, 1.82) is 0 Å². The Kier molecular flexibility index (Phi) is 11.5. The molecule has 1 atom stereocenters. The Bertz CT molecular complexity index is 1670. The van der Waals surface area contributed by atoms with Crippen LogP contribution in [0.3, 0.4) is 0 Å². The summed E-state index contributed by atoms with van der Waals surface area (Å²) < 4.78 is 25.9. The summed E-state index contributed by atoms with van der Waals surface area (Å²) in [6.07, 6.45) is 4.80. The Morgan fingerprint density at radius 2 is 1.90 bits per heavy atom. The fourth-order valence-corrected chi connectivity index (χ4v) is 7.80. The SMILES string of the molecule is CCOc1cc(C2C(C(=O)OC3CCCCC3)=C(C)Nc3nc(SCc4ccccc4Cl)nn32)cc(Br)c1OCC(=O)N1CCOCC1. The van der Waals surface area contributed by atoms with Crippen LogP contribution >= 0.6 is 39.3 Å². The number of amides is 1. The van der Waals surface area contributed by atoms with Crippen molar-refractivity contribution >= 4 is 57.1 Å². The maximum absolute atomic E-state index is 14.0. The highest BCUT2D eigenvalue weighted by Gasteiger charge is 2.37. The van der Waals surface area contributed by atoms with Gasteiger partial charge in [0.05, 0.1) is 29.9 Å². The van der Waals surface area contributed by atoms with Gasteiger partial charge < -0.3 is 29.2 Å². The number of allylic oxidation sites excluding steroid dienone is 1. The number of nitrogens with zero attached hydrogens (tertiary/aromatic N) is 4. The largest absolute Gasteiger partial charge is 0.490 e. The van der Waals surface area contributed by atoms with Crippen LogP contribution in [0.1, 0.15) is 63.1 Å². The minimum Gasteiger partial charge on any atom is -0.490 e. The zero-order valence-corrected chi connectivity index (χ0v) is 30.2. The third-order valence-electron chi connectivity index (χ3n) is 8.54. The smallest absolute Gasteiger partial charge is 0.338 e. The molecule has 2 aliphatic heterocycles. The van der Waals surface area contributed by atoms with Crippen LogP contribution in [0.15, 0.2) is 57.3 Å². The van der Waals surface area contributed by atoms with Crippen LogP contribution in [0.5, 0.6) is 11.5 Å². The lowest BCUT2D eigenvalue weighted by Crippen LogP contribution is -2.43. The van der Waals surface area contributed by atoms with Crippen molar-refractivity contribution < 1.29 is 28.5 Å². The number of benzene rings is 2. The summed E-state index contributed by atoms with van der Waals surface area (Å²) in [5.74, 6) is 1.38. The third kappa shape index (κ3) is 7.96. The molecule has 1 N–H and O–H groups in total. The van der Waals surface area contributed by atoms with Crippen molar-refractivity contribution in [1.82, 2.24) is 19.7 Å². The van der Waals surface area contributed by atoms with Gasteiger partial charge >= 0.3 is 5.97 Å². The highest BCUT2D eigenvalue weighted by molar-refractivity contribution is 9.10. The number of esters is 1. The molecular formula is C34H39BrClN5O6S. The van der Waals surface area contributed by atoms with Crippen LogP contribution in [-0.4, -0.2) is 77.2 Å². The van der Waals surface area contributed by atoms with E-state index in [1.54, 1.807) is 9.58 Å². The first-order valence-electron chi connectivity index (χ1n) is 16.3. The molecule has 2 aromatic carbocycles. The number of anilines is 1. The number of nitrogens with one attached hydrogen (secondary N) is 1. The number of carbonyl (C=O) groups is 2. The van der Waals surface area contributed by atoms with Crippen LogP contribution in [0.2, 0.25) is 5.02 Å². The highest BCUT2D eigenvalue weighted by Crippen LogP contribution is 2.44. The van der Waals surface area contributed by atoms with Gasteiger partial charge in [0.1, 0.15) is 12.1 Å². The number of fused-ring (bicyclic) bond motifs is 1. The molecule has 3 aromatic rings. The monoisotopic (exact) mass is 759 g/mol. The molecule has 1 amide bonds. The fourth-order valence-electron chi connectivity index (χ4n) is 6.11. The Morgan fingerprint density at radius 3 is 2.65 bits per heavy atom. The van der Waals surface area contributed by atoms with Gasteiger partial charge in [-0.3, -0.25) is 4.79 Å². The Balaban J connectivity index is 1.33. The molecule has 6 rings (SSSR count). The van der Waals surface area contributed by atoms with Gasteiger partial charge in [-0.05, 0) is 84.8 Å². The van der Waals surface area contributed by atoms with Gasteiger partial charge in [0.15, 0.2) is 18.1 Å². The summed E-state index contributed by atoms with van der Waals surface area (Å²) in [6.45, 7) is 6.01. The van der Waals surface area contributed by atoms with Crippen molar-refractivity contribution in [3.8, 4) is 11.5 Å². The summed E-state index contributed by atoms with van der Waals surface area (Å²) in [4.78, 5) is 33.4. The number of ether oxygens (including phenoxy) is 4. The molecule has 1 aliphatic carbocycles. The summed E-state index contributed by atoms with van der Waals surface area (Å²) in [7, 11) is 0. The van der Waals surface area contributed by atoms with E-state index in [1.807, 2.05) is 50.2 Å². The van der Waals surface area contributed by atoms with E-state index in [2.05, 4.69) is 21.2 Å². The number of hydrogen-bond acceptors (Lipinski definition) is 10. The molecule has 3 aliphatic rings. The van der Waals surface area contributed by atoms with E-state index in [9.17, 15) is 9.59 Å². The molecule has 0 bridgehead atoms. The average molecular weight is 761 g/mol. The van der Waals surface area contributed by atoms with Crippen LogP contribution in [0.4, 0.5) is 5.95 Å². The number of hydrogen-bond donors (Lipinski definition) is 1. The standard InChI is InChI=1S/C34H39BrClN5O6S/c1-3-45-27-18-23(17-25(35)31(27)46-19-28(42)40-13-15-44-16-14-40)30-29(32(43)47-24-10-5-4-6-11-24)21(2)37-33-38-34(39-41(30)33)48-20-22-9-7-8-12-26(22)36/h7-9,12,17-18,24,30H,3-6,10-11,13-16,19-20H2,1-2H3,(H,37,38,39). The molecule has 0 spiro atoms. The predicted molar refractivity (Wildman–Crippen MR) is 187 cm³/mol. The van der Waals surface area contributed by atoms with Crippen LogP contribution in [0.25, 0.3) is 0 Å². The Morgan fingerprint density at radius 1 is 1.12 bits per heavy atom. The van der Waals surface area contributed by atoms with E-state index >= 15 is 0 Å². The highest BCUT2D eigenvalue weighted by atomic mass is 79.9. The lowest BCUT2D eigenvalue weighted by Gasteiger charge is -2.30. The minimum absolute atomic E-state index is 0.128. The van der Waals surface area contributed by atoms with E-state index in [-0.39, 0.29) is 18.6 Å². The lowest BCUT2D eigenvalue weighted by molar-refractivity contribution is -0.146. The second-order valence-corrected chi connectivity index (χ2v) is 14.0. The molecule has 11 nitrogen and oxygen atoms in total. The lowest BCUT2D eigenvalue weighted by atomic mass is 9.94. The number of thioether (sulfide) groups is 1. The van der Waals surface area contributed by atoms with E-state index < -0.39 is 12.0 Å². The van der Waals surface area contributed by atoms with Crippen LogP contribution < -0.4 is 14.8 Å². The maximum atomic E-state index is 14.0. The van der Waals surface area contributed by atoms with Gasteiger partial charge in [0.25, 0.3) is 5.91 Å². The molecule has 14 heteroatoms. The maximum Gasteiger partial charge on any atom is 0.338 e. The van der Waals surface area contributed by atoms with Crippen molar-refractivity contribution in [2.45, 2.75) is 69.0 Å². The van der Waals surface area contributed by atoms with Gasteiger partial charge in [-0.15, -0.1) is 5.10 Å². The van der Waals surface area contributed by atoms with Crippen molar-refractivity contribution in [3.05, 3.63) is 68.3 Å². The number of halogens is 2. The topological polar surface area (TPSA) is 117 Å². The number of aromatic nitrogens is 3. The van der Waals surface area contributed by atoms with Crippen molar-refractivity contribution in [2.24, 2.45) is 0 Å². The molecule has 1 aromatic heterocycles. The van der Waals surface area contributed by atoms with Crippen molar-refractivity contribution in [3.63, 3.8) is 0 Å². The van der Waals surface area contributed by atoms with E-state index in [4.69, 9.17) is 40.6 Å². The molecule has 0 radical (unpaired) electrons. The van der Waals surface area contributed by atoms with Gasteiger partial charge in [-0.2, -0.15) is 4.98 Å². The molecule has 256 valence electrons. The van der Waals surface area contributed by atoms with E-state index in [1.165, 1.54) is 11.8 Å². The Hall–Kier alpha value is -3.26.